The number of hydrogen-bond acceptors (Lipinski definition) is 4. The monoisotopic (exact) mass is 418 g/mol. The predicted octanol–water partition coefficient (Wildman–Crippen LogP) is 2.73. The SMILES string of the molecule is C/C(=C/C(=O)NC1CCN(CCS(C)(=O)=O)CC1)c1ccc(C(F)(F)F)cc1. The maximum absolute atomic E-state index is 12.6. The van der Waals surface area contributed by atoms with E-state index in [4.69, 9.17) is 0 Å². The molecule has 0 radical (unpaired) electrons. The lowest BCUT2D eigenvalue weighted by atomic mass is 10.0. The zero-order chi connectivity index (χ0) is 20.9. The molecule has 0 saturated carbocycles. The van der Waals surface area contributed by atoms with Crippen LogP contribution in [0.2, 0.25) is 0 Å². The van der Waals surface area contributed by atoms with E-state index in [9.17, 15) is 26.4 Å². The van der Waals surface area contributed by atoms with Gasteiger partial charge >= 0.3 is 6.18 Å². The number of nitrogens with zero attached hydrogens (tertiary/aromatic N) is 1. The average molecular weight is 418 g/mol. The van der Waals surface area contributed by atoms with Gasteiger partial charge in [0, 0.05) is 38.0 Å². The molecule has 1 heterocycles. The fraction of sp³-hybridized carbons (Fsp3) is 0.526. The topological polar surface area (TPSA) is 66.5 Å². The summed E-state index contributed by atoms with van der Waals surface area (Å²) in [5.41, 5.74) is 0.409. The number of sulfone groups is 1. The van der Waals surface area contributed by atoms with Gasteiger partial charge in [0.15, 0.2) is 0 Å². The Bertz CT molecular complexity index is 810. The average Bonchev–Trinajstić information content (AvgIpc) is 2.59. The van der Waals surface area contributed by atoms with E-state index in [-0.39, 0.29) is 17.7 Å². The van der Waals surface area contributed by atoms with Crippen LogP contribution in [0.1, 0.15) is 30.9 Å². The van der Waals surface area contributed by atoms with Crippen molar-refractivity contribution in [3.63, 3.8) is 0 Å². The van der Waals surface area contributed by atoms with E-state index >= 15 is 0 Å². The Morgan fingerprint density at radius 2 is 1.79 bits per heavy atom. The summed E-state index contributed by atoms with van der Waals surface area (Å²) in [5, 5.41) is 2.91. The second-order valence-corrected chi connectivity index (χ2v) is 9.42. The number of benzene rings is 1. The number of likely N-dealkylation sites (tertiary alicyclic amines) is 1. The fourth-order valence-corrected chi connectivity index (χ4v) is 3.63. The Morgan fingerprint density at radius 1 is 1.21 bits per heavy atom. The molecule has 1 aromatic carbocycles. The van der Waals surface area contributed by atoms with Gasteiger partial charge in [0.25, 0.3) is 0 Å². The molecule has 1 saturated heterocycles. The molecule has 9 heteroatoms. The van der Waals surface area contributed by atoms with Crippen LogP contribution in [-0.2, 0) is 20.8 Å². The minimum Gasteiger partial charge on any atom is -0.350 e. The highest BCUT2D eigenvalue weighted by Gasteiger charge is 2.30. The van der Waals surface area contributed by atoms with Crippen molar-refractivity contribution in [1.82, 2.24) is 10.2 Å². The van der Waals surface area contributed by atoms with Gasteiger partial charge in [-0.2, -0.15) is 13.2 Å². The number of rotatable bonds is 6. The Kier molecular flexibility index (Phi) is 7.28. The van der Waals surface area contributed by atoms with Crippen molar-refractivity contribution in [2.45, 2.75) is 32.0 Å². The number of carbonyl (C=O) groups excluding carboxylic acids is 1. The molecule has 0 aliphatic carbocycles. The van der Waals surface area contributed by atoms with Crippen LogP contribution in [0.25, 0.3) is 5.57 Å². The van der Waals surface area contributed by atoms with Crippen molar-refractivity contribution in [2.24, 2.45) is 0 Å². The molecule has 0 atom stereocenters. The first-order valence-corrected chi connectivity index (χ1v) is 11.1. The maximum Gasteiger partial charge on any atom is 0.416 e. The van der Waals surface area contributed by atoms with Crippen molar-refractivity contribution in [3.05, 3.63) is 41.5 Å². The molecular weight excluding hydrogens is 393 g/mol. The summed E-state index contributed by atoms with van der Waals surface area (Å²) in [6.07, 6.45) is -0.334. The molecule has 0 unspecified atom stereocenters. The third kappa shape index (κ3) is 7.27. The van der Waals surface area contributed by atoms with Gasteiger partial charge in [0.2, 0.25) is 5.91 Å². The zero-order valence-corrected chi connectivity index (χ0v) is 16.7. The molecule has 0 bridgehead atoms. The molecule has 1 aromatic rings. The number of alkyl halides is 3. The van der Waals surface area contributed by atoms with Crippen molar-refractivity contribution < 1.29 is 26.4 Å². The van der Waals surface area contributed by atoms with E-state index in [0.717, 1.165) is 25.0 Å². The molecule has 1 fully saturated rings. The minimum absolute atomic E-state index is 0.00126. The third-order valence-electron chi connectivity index (χ3n) is 4.73. The van der Waals surface area contributed by atoms with Gasteiger partial charge in [0.1, 0.15) is 9.84 Å². The Morgan fingerprint density at radius 3 is 2.29 bits per heavy atom. The smallest absolute Gasteiger partial charge is 0.350 e. The van der Waals surface area contributed by atoms with Gasteiger partial charge in [-0.25, -0.2) is 8.42 Å². The maximum atomic E-state index is 12.6. The first-order chi connectivity index (χ1) is 12.9. The molecule has 2 rings (SSSR count). The Labute approximate surface area is 163 Å². The molecular formula is C19H25F3N2O3S. The highest BCUT2D eigenvalue weighted by atomic mass is 32.2. The molecule has 156 valence electrons. The summed E-state index contributed by atoms with van der Waals surface area (Å²) in [6, 6.07) is 4.69. The molecule has 5 nitrogen and oxygen atoms in total. The molecule has 28 heavy (non-hydrogen) atoms. The lowest BCUT2D eigenvalue weighted by Gasteiger charge is -2.31. The van der Waals surface area contributed by atoms with E-state index in [1.165, 1.54) is 24.5 Å². The zero-order valence-electron chi connectivity index (χ0n) is 15.9. The van der Waals surface area contributed by atoms with E-state index in [1.54, 1.807) is 6.92 Å². The first kappa shape index (κ1) is 22.4. The third-order valence-corrected chi connectivity index (χ3v) is 5.65. The van der Waals surface area contributed by atoms with Crippen LogP contribution in [-0.4, -0.2) is 56.9 Å². The Balaban J connectivity index is 1.85. The molecule has 1 N–H and O–H groups in total. The van der Waals surface area contributed by atoms with Crippen LogP contribution >= 0.6 is 0 Å². The number of hydrogen-bond donors (Lipinski definition) is 1. The second-order valence-electron chi connectivity index (χ2n) is 7.16. The normalized spacial score (nSPS) is 17.5. The predicted molar refractivity (Wildman–Crippen MR) is 102 cm³/mol. The summed E-state index contributed by atoms with van der Waals surface area (Å²) >= 11 is 0. The van der Waals surface area contributed by atoms with E-state index in [1.807, 2.05) is 0 Å². The van der Waals surface area contributed by atoms with Crippen LogP contribution in [0, 0.1) is 0 Å². The highest BCUT2D eigenvalue weighted by Crippen LogP contribution is 2.30. The van der Waals surface area contributed by atoms with Crippen molar-refractivity contribution in [1.29, 1.82) is 0 Å². The Hall–Kier alpha value is -1.87. The largest absolute Gasteiger partial charge is 0.416 e. The van der Waals surface area contributed by atoms with Crippen LogP contribution in [0.3, 0.4) is 0 Å². The van der Waals surface area contributed by atoms with Crippen LogP contribution < -0.4 is 5.32 Å². The number of halogens is 3. The highest BCUT2D eigenvalue weighted by molar-refractivity contribution is 7.90. The second kappa shape index (κ2) is 9.09. The van der Waals surface area contributed by atoms with Gasteiger partial charge in [-0.1, -0.05) is 12.1 Å². The van der Waals surface area contributed by atoms with Gasteiger partial charge < -0.3 is 10.2 Å². The van der Waals surface area contributed by atoms with Crippen molar-refractivity contribution >= 4 is 21.3 Å². The number of amides is 1. The van der Waals surface area contributed by atoms with Gasteiger partial charge in [-0.05, 0) is 43.0 Å². The summed E-state index contributed by atoms with van der Waals surface area (Å²) in [4.78, 5) is 14.3. The quantitative estimate of drug-likeness (QED) is 0.722. The number of piperidine rings is 1. The summed E-state index contributed by atoms with van der Waals surface area (Å²) in [5.74, 6) is -0.161. The first-order valence-electron chi connectivity index (χ1n) is 9.00. The lowest BCUT2D eigenvalue weighted by Crippen LogP contribution is -2.45. The molecule has 1 aliphatic rings. The molecule has 1 aliphatic heterocycles. The summed E-state index contributed by atoms with van der Waals surface area (Å²) in [7, 11) is -2.99. The van der Waals surface area contributed by atoms with Crippen molar-refractivity contribution in [3.8, 4) is 0 Å². The van der Waals surface area contributed by atoms with E-state index in [0.29, 0.717) is 30.8 Å². The van der Waals surface area contributed by atoms with Crippen LogP contribution in [0.15, 0.2) is 30.3 Å². The lowest BCUT2D eigenvalue weighted by molar-refractivity contribution is -0.137. The van der Waals surface area contributed by atoms with Crippen LogP contribution in [0.5, 0.6) is 0 Å². The van der Waals surface area contributed by atoms with Gasteiger partial charge in [-0.15, -0.1) is 0 Å². The number of carbonyl (C=O) groups is 1. The fourth-order valence-electron chi connectivity index (χ4n) is 3.04. The number of nitrogens with one attached hydrogen (secondary N) is 1. The summed E-state index contributed by atoms with van der Waals surface area (Å²) < 4.78 is 60.3. The van der Waals surface area contributed by atoms with Gasteiger partial charge in [0.05, 0.1) is 11.3 Å². The molecule has 0 spiro atoms. The standard InChI is InChI=1S/C19H25F3N2O3S/c1-14(15-3-5-16(6-4-15)19(20,21)22)13-18(25)23-17-7-9-24(10-8-17)11-12-28(2,26)27/h3-6,13,17H,7-12H2,1-2H3,(H,23,25)/b14-13-. The summed E-state index contributed by atoms with van der Waals surface area (Å²) in [6.45, 7) is 3.59. The van der Waals surface area contributed by atoms with Crippen molar-refractivity contribution in [2.75, 3.05) is 31.6 Å². The van der Waals surface area contributed by atoms with Crippen LogP contribution in [0.4, 0.5) is 13.2 Å². The molecule has 1 amide bonds. The van der Waals surface area contributed by atoms with E-state index in [2.05, 4.69) is 10.2 Å². The minimum atomic E-state index is -4.39. The van der Waals surface area contributed by atoms with Gasteiger partial charge in [-0.3, -0.25) is 4.79 Å². The number of allylic oxidation sites excluding steroid dienone is 1. The molecule has 0 aromatic heterocycles. The van der Waals surface area contributed by atoms with E-state index < -0.39 is 21.6 Å².